The molecule has 0 aliphatic heterocycles. The van der Waals surface area contributed by atoms with Gasteiger partial charge in [-0.1, -0.05) is 61.4 Å². The molecule has 0 saturated heterocycles. The van der Waals surface area contributed by atoms with Crippen LogP contribution in [0, 0.1) is 28.1 Å². The van der Waals surface area contributed by atoms with E-state index in [9.17, 15) is 14.4 Å². The van der Waals surface area contributed by atoms with Gasteiger partial charge in [-0.15, -0.1) is 0 Å². The summed E-state index contributed by atoms with van der Waals surface area (Å²) in [5, 5.41) is 0. The van der Waals surface area contributed by atoms with Crippen LogP contribution >= 0.6 is 0 Å². The van der Waals surface area contributed by atoms with Crippen LogP contribution in [0.25, 0.3) is 0 Å². The van der Waals surface area contributed by atoms with E-state index in [0.29, 0.717) is 12.8 Å². The SMILES string of the molecule is COC(=O)[C@]1(C)[C@@H]2CC[C@]3(C)/C(=C(C)/C=C/C=C(C)/C=C/C=C(C)C)C(=O)C[C@H]3[C@@]2(C)CC[C@H]1OC(C)=O. The first-order valence-electron chi connectivity index (χ1n) is 13.9. The summed E-state index contributed by atoms with van der Waals surface area (Å²) in [5.41, 5.74) is 2.89. The van der Waals surface area contributed by atoms with Crippen LogP contribution in [-0.2, 0) is 23.9 Å². The number of carbonyl (C=O) groups is 3. The molecule has 0 heterocycles. The molecule has 5 nitrogen and oxygen atoms in total. The number of esters is 2. The number of rotatable bonds is 6. The Balaban J connectivity index is 1.96. The van der Waals surface area contributed by atoms with E-state index in [4.69, 9.17) is 9.47 Å². The van der Waals surface area contributed by atoms with Crippen molar-refractivity contribution >= 4 is 17.7 Å². The minimum atomic E-state index is -0.944. The van der Waals surface area contributed by atoms with Gasteiger partial charge in [0.2, 0.25) is 0 Å². The first-order valence-corrected chi connectivity index (χ1v) is 13.9. The standard InChI is InChI=1S/C33H46O5/c1-21(2)12-10-13-22(3)14-11-15-23(4)29-25(35)20-27-31(6)19-17-28(38-24(5)34)33(8,30(36)37-9)26(31)16-18-32(27,29)7/h10-15,26-28H,16-20H2,1-9H3/b13-10+,15-11+,22-14+,29-23+/t26-,27+,28-,31+,32+,33-/m1/s1. The quantitative estimate of drug-likeness (QED) is 0.209. The van der Waals surface area contributed by atoms with E-state index in [1.54, 1.807) is 0 Å². The minimum Gasteiger partial charge on any atom is -0.468 e. The lowest BCUT2D eigenvalue weighted by molar-refractivity contribution is -0.206. The lowest BCUT2D eigenvalue weighted by Crippen LogP contribution is -2.62. The third kappa shape index (κ3) is 5.26. The second-order valence-electron chi connectivity index (χ2n) is 12.5. The second-order valence-corrected chi connectivity index (χ2v) is 12.5. The van der Waals surface area contributed by atoms with Crippen LogP contribution < -0.4 is 0 Å². The molecular formula is C33H46O5. The van der Waals surface area contributed by atoms with Gasteiger partial charge in [0, 0.05) is 24.3 Å². The Morgan fingerprint density at radius 2 is 1.55 bits per heavy atom. The summed E-state index contributed by atoms with van der Waals surface area (Å²) < 4.78 is 11.0. The van der Waals surface area contributed by atoms with Crippen LogP contribution in [0.1, 0.15) is 87.5 Å². The van der Waals surface area contributed by atoms with Crippen LogP contribution in [0.4, 0.5) is 0 Å². The lowest BCUT2D eigenvalue weighted by atomic mass is 9.42. The second kappa shape index (κ2) is 11.2. The Hall–Kier alpha value is -2.69. The highest BCUT2D eigenvalue weighted by molar-refractivity contribution is 6.01. The fourth-order valence-corrected chi connectivity index (χ4v) is 8.00. The first kappa shape index (κ1) is 29.9. The fraction of sp³-hybridized carbons (Fsp3) is 0.606. The predicted molar refractivity (Wildman–Crippen MR) is 151 cm³/mol. The summed E-state index contributed by atoms with van der Waals surface area (Å²) >= 11 is 0. The Kier molecular flexibility index (Phi) is 8.80. The topological polar surface area (TPSA) is 69.7 Å². The summed E-state index contributed by atoms with van der Waals surface area (Å²) in [6, 6.07) is 0. The zero-order valence-corrected chi connectivity index (χ0v) is 24.8. The molecule has 5 heteroatoms. The largest absolute Gasteiger partial charge is 0.468 e. The van der Waals surface area contributed by atoms with Crippen molar-refractivity contribution in [2.75, 3.05) is 7.11 Å². The van der Waals surface area contributed by atoms with E-state index < -0.39 is 11.5 Å². The summed E-state index contributed by atoms with van der Waals surface area (Å²) in [6.07, 6.45) is 15.3. The van der Waals surface area contributed by atoms with Crippen LogP contribution in [0.15, 0.2) is 58.7 Å². The third-order valence-corrected chi connectivity index (χ3v) is 9.71. The third-order valence-electron chi connectivity index (χ3n) is 9.71. The van der Waals surface area contributed by atoms with Crippen molar-refractivity contribution in [2.45, 2.75) is 93.6 Å². The van der Waals surface area contributed by atoms with Gasteiger partial charge in [0.15, 0.2) is 5.78 Å². The Labute approximate surface area is 229 Å². The Morgan fingerprint density at radius 3 is 2.16 bits per heavy atom. The average molecular weight is 523 g/mol. The number of hydrogen-bond donors (Lipinski definition) is 0. The zero-order valence-electron chi connectivity index (χ0n) is 24.8. The van der Waals surface area contributed by atoms with Gasteiger partial charge in [0.1, 0.15) is 11.5 Å². The zero-order chi connectivity index (χ0) is 28.5. The van der Waals surface area contributed by atoms with Gasteiger partial charge in [-0.05, 0) is 83.1 Å². The Morgan fingerprint density at radius 1 is 0.895 bits per heavy atom. The number of carbonyl (C=O) groups excluding carboxylic acids is 3. The molecule has 0 N–H and O–H groups in total. The number of Topliss-reactive ketones (excluding diaryl/α,β-unsaturated/α-hetero) is 1. The van der Waals surface area contributed by atoms with Crippen molar-refractivity contribution < 1.29 is 23.9 Å². The van der Waals surface area contributed by atoms with Crippen molar-refractivity contribution in [3.8, 4) is 0 Å². The summed E-state index contributed by atoms with van der Waals surface area (Å²) in [4.78, 5) is 38.7. The fourth-order valence-electron chi connectivity index (χ4n) is 8.00. The highest BCUT2D eigenvalue weighted by atomic mass is 16.6. The molecule has 3 saturated carbocycles. The van der Waals surface area contributed by atoms with Crippen LogP contribution in [0.5, 0.6) is 0 Å². The lowest BCUT2D eigenvalue weighted by Gasteiger charge is -2.61. The van der Waals surface area contributed by atoms with Crippen LogP contribution in [-0.4, -0.2) is 30.9 Å². The van der Waals surface area contributed by atoms with Gasteiger partial charge in [-0.25, -0.2) is 0 Å². The van der Waals surface area contributed by atoms with Gasteiger partial charge >= 0.3 is 11.9 Å². The Bertz CT molecular complexity index is 1130. The first-order chi connectivity index (χ1) is 17.7. The highest BCUT2D eigenvalue weighted by Crippen LogP contribution is 2.69. The summed E-state index contributed by atoms with van der Waals surface area (Å²) in [6.45, 7) is 16.0. The molecule has 3 rings (SSSR count). The maximum absolute atomic E-state index is 13.6. The predicted octanol–water partition coefficient (Wildman–Crippen LogP) is 7.24. The molecule has 0 aromatic heterocycles. The van der Waals surface area contributed by atoms with E-state index in [0.717, 1.165) is 36.0 Å². The molecule has 3 fully saturated rings. The smallest absolute Gasteiger partial charge is 0.315 e. The minimum absolute atomic E-state index is 0.0419. The average Bonchev–Trinajstić information content (AvgIpc) is 3.11. The molecule has 0 aromatic carbocycles. The number of hydrogen-bond acceptors (Lipinski definition) is 5. The normalized spacial score (nSPS) is 36.6. The van der Waals surface area contributed by atoms with E-state index in [1.807, 2.05) is 26.0 Å². The maximum Gasteiger partial charge on any atom is 0.315 e. The monoisotopic (exact) mass is 522 g/mol. The number of ether oxygens (including phenoxy) is 2. The summed E-state index contributed by atoms with van der Waals surface area (Å²) in [5.74, 6) is -0.420. The maximum atomic E-state index is 13.6. The molecule has 0 aromatic rings. The van der Waals surface area contributed by atoms with Crippen molar-refractivity contribution in [3.63, 3.8) is 0 Å². The number of fused-ring (bicyclic) bond motifs is 3. The molecule has 3 aliphatic carbocycles. The van der Waals surface area contributed by atoms with Crippen molar-refractivity contribution in [1.82, 2.24) is 0 Å². The van der Waals surface area contributed by atoms with Gasteiger partial charge in [0.25, 0.3) is 0 Å². The summed E-state index contributed by atoms with van der Waals surface area (Å²) in [7, 11) is 1.40. The van der Waals surface area contributed by atoms with Crippen molar-refractivity contribution in [3.05, 3.63) is 58.7 Å². The van der Waals surface area contributed by atoms with E-state index >= 15 is 0 Å². The molecule has 208 valence electrons. The molecule has 0 bridgehead atoms. The van der Waals surface area contributed by atoms with E-state index in [2.05, 4.69) is 58.9 Å². The molecule has 0 unspecified atom stereocenters. The molecule has 6 atom stereocenters. The van der Waals surface area contributed by atoms with Gasteiger partial charge in [-0.3, -0.25) is 14.4 Å². The highest BCUT2D eigenvalue weighted by Gasteiger charge is 2.68. The molecule has 0 spiro atoms. The molecule has 0 amide bonds. The van der Waals surface area contributed by atoms with Gasteiger partial charge in [-0.2, -0.15) is 0 Å². The van der Waals surface area contributed by atoms with Crippen molar-refractivity contribution in [1.29, 1.82) is 0 Å². The van der Waals surface area contributed by atoms with E-state index in [-0.39, 0.29) is 40.4 Å². The number of ketones is 1. The van der Waals surface area contributed by atoms with Crippen LogP contribution in [0.2, 0.25) is 0 Å². The van der Waals surface area contributed by atoms with Crippen molar-refractivity contribution in [2.24, 2.45) is 28.1 Å². The number of allylic oxidation sites excluding steroid dienone is 10. The number of methoxy groups -OCH3 is 1. The molecule has 0 radical (unpaired) electrons. The van der Waals surface area contributed by atoms with E-state index in [1.165, 1.54) is 19.6 Å². The molecule has 38 heavy (non-hydrogen) atoms. The van der Waals surface area contributed by atoms with Crippen LogP contribution in [0.3, 0.4) is 0 Å². The van der Waals surface area contributed by atoms with Gasteiger partial charge < -0.3 is 9.47 Å². The molecular weight excluding hydrogens is 476 g/mol. The molecule has 3 aliphatic rings. The van der Waals surface area contributed by atoms with Gasteiger partial charge in [0.05, 0.1) is 7.11 Å².